The van der Waals surface area contributed by atoms with Crippen LogP contribution < -0.4 is 10.7 Å². The number of rotatable bonds is 7. The molecule has 0 aliphatic carbocycles. The van der Waals surface area contributed by atoms with E-state index in [1.165, 1.54) is 0 Å². The lowest BCUT2D eigenvalue weighted by Gasteiger charge is -2.17. The lowest BCUT2D eigenvalue weighted by molar-refractivity contribution is -0.128. The normalized spacial score (nSPS) is 10.8. The maximum atomic E-state index is 12.1. The Morgan fingerprint density at radius 2 is 1.41 bits per heavy atom. The molecule has 27 heavy (non-hydrogen) atoms. The van der Waals surface area contributed by atoms with Gasteiger partial charge in [0.15, 0.2) is 0 Å². The first-order valence-corrected chi connectivity index (χ1v) is 9.13. The van der Waals surface area contributed by atoms with Gasteiger partial charge in [-0.2, -0.15) is 5.10 Å². The van der Waals surface area contributed by atoms with E-state index >= 15 is 0 Å². The van der Waals surface area contributed by atoms with Crippen molar-refractivity contribution >= 4 is 17.5 Å². The van der Waals surface area contributed by atoms with Crippen molar-refractivity contribution in [3.8, 4) is 0 Å². The zero-order valence-electron chi connectivity index (χ0n) is 16.2. The molecule has 0 aromatic heterocycles. The summed E-state index contributed by atoms with van der Waals surface area (Å²) >= 11 is 0. The monoisotopic (exact) mass is 365 g/mol. The third-order valence-electron chi connectivity index (χ3n) is 3.93. The summed E-state index contributed by atoms with van der Waals surface area (Å²) in [5.41, 5.74) is 4.79. The molecule has 2 amide bonds. The van der Waals surface area contributed by atoms with E-state index in [-0.39, 0.29) is 11.8 Å². The summed E-state index contributed by atoms with van der Waals surface area (Å²) in [6, 6.07) is 19.5. The largest absolute Gasteiger partial charge is 0.356 e. The summed E-state index contributed by atoms with van der Waals surface area (Å²) in [5.74, 6) is -0.194. The number of hydrogen-bond acceptors (Lipinski definition) is 3. The van der Waals surface area contributed by atoms with Gasteiger partial charge in [-0.15, -0.1) is 0 Å². The van der Waals surface area contributed by atoms with Gasteiger partial charge in [-0.25, -0.2) is 5.43 Å². The molecule has 142 valence electrons. The molecular formula is C22H27N3O2. The SMILES string of the molecule is CC(C)(C)C(=O)NCCCC(=O)NN=C(c1ccccc1)c1ccccc1. The van der Waals surface area contributed by atoms with Crippen molar-refractivity contribution in [3.63, 3.8) is 0 Å². The lowest BCUT2D eigenvalue weighted by Crippen LogP contribution is -2.35. The molecule has 0 unspecified atom stereocenters. The standard InChI is InChI=1S/C22H27N3O2/c1-22(2,3)21(27)23-16-10-15-19(26)24-25-20(17-11-6-4-7-12-17)18-13-8-5-9-14-18/h4-9,11-14H,10,15-16H2,1-3H3,(H,23,27)(H,24,26). The molecule has 0 radical (unpaired) electrons. The van der Waals surface area contributed by atoms with Gasteiger partial charge in [0.25, 0.3) is 0 Å². The fraction of sp³-hybridized carbons (Fsp3) is 0.318. The van der Waals surface area contributed by atoms with E-state index < -0.39 is 5.41 Å². The molecule has 5 heteroatoms. The van der Waals surface area contributed by atoms with Crippen molar-refractivity contribution < 1.29 is 9.59 Å². The first-order valence-electron chi connectivity index (χ1n) is 9.13. The van der Waals surface area contributed by atoms with Crippen LogP contribution in [0.3, 0.4) is 0 Å². The Bertz CT molecular complexity index is 737. The molecule has 0 bridgehead atoms. The van der Waals surface area contributed by atoms with Gasteiger partial charge < -0.3 is 5.32 Å². The highest BCUT2D eigenvalue weighted by atomic mass is 16.2. The summed E-state index contributed by atoms with van der Waals surface area (Å²) in [5, 5.41) is 7.19. The van der Waals surface area contributed by atoms with E-state index in [2.05, 4.69) is 15.8 Å². The van der Waals surface area contributed by atoms with Gasteiger partial charge in [-0.05, 0) is 6.42 Å². The Labute approximate surface area is 160 Å². The molecule has 2 aromatic rings. The van der Waals surface area contributed by atoms with Crippen molar-refractivity contribution in [3.05, 3.63) is 71.8 Å². The third kappa shape index (κ3) is 6.70. The van der Waals surface area contributed by atoms with Gasteiger partial charge >= 0.3 is 0 Å². The smallest absolute Gasteiger partial charge is 0.240 e. The van der Waals surface area contributed by atoms with Crippen LogP contribution in [-0.2, 0) is 9.59 Å². The second-order valence-electron chi connectivity index (χ2n) is 7.34. The predicted octanol–water partition coefficient (Wildman–Crippen LogP) is 3.50. The number of benzene rings is 2. The molecule has 2 N–H and O–H groups in total. The van der Waals surface area contributed by atoms with Crippen molar-refractivity contribution in [1.82, 2.24) is 10.7 Å². The maximum absolute atomic E-state index is 12.1. The minimum absolute atomic E-state index is 0.0172. The summed E-state index contributed by atoms with van der Waals surface area (Å²) < 4.78 is 0. The Kier molecular flexibility index (Phi) is 7.29. The molecule has 0 heterocycles. The summed E-state index contributed by atoms with van der Waals surface area (Å²) in [4.78, 5) is 23.9. The fourth-order valence-corrected chi connectivity index (χ4v) is 2.38. The highest BCUT2D eigenvalue weighted by Gasteiger charge is 2.20. The molecule has 5 nitrogen and oxygen atoms in total. The number of hydrogen-bond donors (Lipinski definition) is 2. The molecule has 0 saturated carbocycles. The Hall–Kier alpha value is -2.95. The highest BCUT2D eigenvalue weighted by molar-refractivity contribution is 6.13. The van der Waals surface area contributed by atoms with Gasteiger partial charge in [0.05, 0.1) is 5.71 Å². The van der Waals surface area contributed by atoms with E-state index in [1.807, 2.05) is 81.4 Å². The average molecular weight is 365 g/mol. The number of carbonyl (C=O) groups excluding carboxylic acids is 2. The first kappa shape index (κ1) is 20.4. The first-order chi connectivity index (χ1) is 12.9. The number of amides is 2. The highest BCUT2D eigenvalue weighted by Crippen LogP contribution is 2.12. The van der Waals surface area contributed by atoms with Crippen LogP contribution in [0.1, 0.15) is 44.7 Å². The molecular weight excluding hydrogens is 338 g/mol. The van der Waals surface area contributed by atoms with Crippen molar-refractivity contribution in [2.24, 2.45) is 10.5 Å². The molecule has 2 aromatic carbocycles. The second kappa shape index (κ2) is 9.67. The molecule has 0 spiro atoms. The average Bonchev–Trinajstić information content (AvgIpc) is 2.66. The van der Waals surface area contributed by atoms with Crippen LogP contribution in [-0.4, -0.2) is 24.1 Å². The van der Waals surface area contributed by atoms with E-state index in [0.717, 1.165) is 11.1 Å². The number of carbonyl (C=O) groups is 2. The zero-order chi connectivity index (χ0) is 19.7. The van der Waals surface area contributed by atoms with Crippen molar-refractivity contribution in [2.75, 3.05) is 6.54 Å². The maximum Gasteiger partial charge on any atom is 0.240 e. The Morgan fingerprint density at radius 3 is 1.89 bits per heavy atom. The van der Waals surface area contributed by atoms with Gasteiger partial charge in [0.1, 0.15) is 0 Å². The van der Waals surface area contributed by atoms with Crippen LogP contribution >= 0.6 is 0 Å². The summed E-state index contributed by atoms with van der Waals surface area (Å²) in [7, 11) is 0. The number of hydrazone groups is 1. The van der Waals surface area contributed by atoms with E-state index in [0.29, 0.717) is 25.1 Å². The van der Waals surface area contributed by atoms with E-state index in [1.54, 1.807) is 0 Å². The quantitative estimate of drug-likeness (QED) is 0.448. The van der Waals surface area contributed by atoms with Gasteiger partial charge in [-0.1, -0.05) is 81.4 Å². The van der Waals surface area contributed by atoms with E-state index in [9.17, 15) is 9.59 Å². The third-order valence-corrected chi connectivity index (χ3v) is 3.93. The van der Waals surface area contributed by atoms with Crippen molar-refractivity contribution in [2.45, 2.75) is 33.6 Å². The molecule has 0 fully saturated rings. The van der Waals surface area contributed by atoms with Crippen molar-refractivity contribution in [1.29, 1.82) is 0 Å². The molecule has 0 aliphatic rings. The number of nitrogens with one attached hydrogen (secondary N) is 2. The van der Waals surface area contributed by atoms with Crippen LogP contribution in [0.4, 0.5) is 0 Å². The Morgan fingerprint density at radius 1 is 0.889 bits per heavy atom. The minimum Gasteiger partial charge on any atom is -0.356 e. The van der Waals surface area contributed by atoms with Crippen LogP contribution in [0.15, 0.2) is 65.8 Å². The van der Waals surface area contributed by atoms with Crippen LogP contribution in [0.25, 0.3) is 0 Å². The lowest BCUT2D eigenvalue weighted by atomic mass is 9.96. The summed E-state index contributed by atoms with van der Waals surface area (Å²) in [6.07, 6.45) is 0.861. The summed E-state index contributed by atoms with van der Waals surface area (Å²) in [6.45, 7) is 6.05. The Balaban J connectivity index is 1.94. The second-order valence-corrected chi connectivity index (χ2v) is 7.34. The topological polar surface area (TPSA) is 70.6 Å². The van der Waals surface area contributed by atoms with Crippen LogP contribution in [0, 0.1) is 5.41 Å². The van der Waals surface area contributed by atoms with Gasteiger partial charge in [-0.3, -0.25) is 9.59 Å². The van der Waals surface area contributed by atoms with Crippen LogP contribution in [0.5, 0.6) is 0 Å². The molecule has 0 saturated heterocycles. The number of nitrogens with zero attached hydrogens (tertiary/aromatic N) is 1. The van der Waals surface area contributed by atoms with Crippen LogP contribution in [0.2, 0.25) is 0 Å². The predicted molar refractivity (Wildman–Crippen MR) is 108 cm³/mol. The molecule has 0 atom stereocenters. The zero-order valence-corrected chi connectivity index (χ0v) is 16.2. The van der Waals surface area contributed by atoms with E-state index in [4.69, 9.17) is 0 Å². The molecule has 2 rings (SSSR count). The molecule has 0 aliphatic heterocycles. The van der Waals surface area contributed by atoms with Gasteiger partial charge in [0, 0.05) is 29.5 Å². The van der Waals surface area contributed by atoms with Gasteiger partial charge in [0.2, 0.25) is 11.8 Å². The minimum atomic E-state index is -0.424. The fourth-order valence-electron chi connectivity index (χ4n) is 2.38.